The number of halogens is 2. The number of benzene rings is 1. The minimum atomic E-state index is -0.463. The van der Waals surface area contributed by atoms with Gasteiger partial charge in [-0.05, 0) is 31.9 Å². The lowest BCUT2D eigenvalue weighted by Crippen LogP contribution is -2.49. The topological polar surface area (TPSA) is 84.2 Å². The Morgan fingerprint density at radius 3 is 2.43 bits per heavy atom. The highest BCUT2D eigenvalue weighted by molar-refractivity contribution is 6.31. The zero-order chi connectivity index (χ0) is 15.2. The highest BCUT2D eigenvalue weighted by Gasteiger charge is 2.22. The zero-order valence-electron chi connectivity index (χ0n) is 12.1. The van der Waals surface area contributed by atoms with Crippen molar-refractivity contribution >= 4 is 35.8 Å². The van der Waals surface area contributed by atoms with Crippen LogP contribution in [0.15, 0.2) is 24.3 Å². The summed E-state index contributed by atoms with van der Waals surface area (Å²) in [5.74, 6) is -0.618. The van der Waals surface area contributed by atoms with Crippen molar-refractivity contribution in [2.75, 3.05) is 13.1 Å². The Morgan fingerprint density at radius 1 is 1.24 bits per heavy atom. The molecule has 2 amide bonds. The number of carbonyl (C=O) groups excluding carboxylic acids is 2. The molecule has 5 nitrogen and oxygen atoms in total. The summed E-state index contributed by atoms with van der Waals surface area (Å²) in [6.45, 7) is 3.59. The van der Waals surface area contributed by atoms with E-state index < -0.39 is 5.54 Å². The fourth-order valence-corrected chi connectivity index (χ4v) is 2.04. The molecule has 0 aliphatic heterocycles. The van der Waals surface area contributed by atoms with E-state index in [1.165, 1.54) is 0 Å². The minimum absolute atomic E-state index is 0. The molecule has 0 unspecified atom stereocenters. The molecule has 0 fully saturated rings. The number of hydrogen-bond donors (Lipinski definition) is 3. The molecule has 0 bridgehead atoms. The maximum Gasteiger partial charge on any atom is 0.239 e. The molecule has 7 heteroatoms. The Bertz CT molecular complexity index is 493. The van der Waals surface area contributed by atoms with Crippen LogP contribution in [0.1, 0.15) is 19.4 Å². The molecule has 0 aliphatic rings. The third-order valence-electron chi connectivity index (χ3n) is 2.70. The summed E-state index contributed by atoms with van der Waals surface area (Å²) in [5.41, 5.74) is 5.65. The van der Waals surface area contributed by atoms with Gasteiger partial charge in [0, 0.05) is 10.6 Å². The number of amides is 2. The molecule has 0 spiro atoms. The Morgan fingerprint density at radius 2 is 1.86 bits per heavy atom. The van der Waals surface area contributed by atoms with Crippen LogP contribution in [0, 0.1) is 0 Å². The molecular weight excluding hydrogens is 313 g/mol. The second kappa shape index (κ2) is 8.87. The van der Waals surface area contributed by atoms with Gasteiger partial charge in [0.25, 0.3) is 0 Å². The summed E-state index contributed by atoms with van der Waals surface area (Å²) >= 11 is 6.10. The largest absolute Gasteiger partial charge is 0.349 e. The van der Waals surface area contributed by atoms with Crippen LogP contribution in [0.3, 0.4) is 0 Å². The van der Waals surface area contributed by atoms with Gasteiger partial charge in [-0.2, -0.15) is 0 Å². The monoisotopic (exact) mass is 333 g/mol. The first kappa shape index (κ1) is 19.7. The van der Waals surface area contributed by atoms with Gasteiger partial charge in [0.2, 0.25) is 11.8 Å². The van der Waals surface area contributed by atoms with Crippen LogP contribution in [0.5, 0.6) is 0 Å². The van der Waals surface area contributed by atoms with Crippen molar-refractivity contribution in [2.45, 2.75) is 25.8 Å². The lowest BCUT2D eigenvalue weighted by molar-refractivity contribution is -0.126. The highest BCUT2D eigenvalue weighted by atomic mass is 35.5. The molecule has 0 radical (unpaired) electrons. The first-order chi connectivity index (χ1) is 9.34. The molecule has 0 aromatic heterocycles. The van der Waals surface area contributed by atoms with Crippen LogP contribution in [0.2, 0.25) is 5.02 Å². The van der Waals surface area contributed by atoms with Crippen molar-refractivity contribution in [3.05, 3.63) is 34.9 Å². The smallest absolute Gasteiger partial charge is 0.239 e. The van der Waals surface area contributed by atoms with Gasteiger partial charge in [0.15, 0.2) is 0 Å². The second-order valence-electron chi connectivity index (χ2n) is 5.18. The highest BCUT2D eigenvalue weighted by Crippen LogP contribution is 2.20. The summed E-state index contributed by atoms with van der Waals surface area (Å²) in [6.07, 6.45) is 0.600. The van der Waals surface area contributed by atoms with Gasteiger partial charge in [0.1, 0.15) is 0 Å². The summed E-state index contributed by atoms with van der Waals surface area (Å²) in [4.78, 5) is 22.7. The van der Waals surface area contributed by atoms with E-state index in [9.17, 15) is 9.59 Å². The van der Waals surface area contributed by atoms with Crippen molar-refractivity contribution in [1.82, 2.24) is 10.6 Å². The Hall–Kier alpha value is -1.30. The first-order valence-electron chi connectivity index (χ1n) is 6.35. The Balaban J connectivity index is 0.00000400. The van der Waals surface area contributed by atoms with Crippen LogP contribution in [-0.2, 0) is 16.0 Å². The fourth-order valence-electron chi connectivity index (χ4n) is 1.83. The average Bonchev–Trinajstić information content (AvgIpc) is 2.38. The summed E-state index contributed by atoms with van der Waals surface area (Å²) < 4.78 is 0. The summed E-state index contributed by atoms with van der Waals surface area (Å²) in [6, 6.07) is 7.50. The van der Waals surface area contributed by atoms with Crippen LogP contribution in [-0.4, -0.2) is 30.4 Å². The number of nitrogens with two attached hydrogens (primary N) is 1. The zero-order valence-corrected chi connectivity index (χ0v) is 13.7. The number of carbonyl (C=O) groups is 2. The summed E-state index contributed by atoms with van der Waals surface area (Å²) in [5, 5.41) is 5.96. The third kappa shape index (κ3) is 7.32. The molecule has 1 rings (SSSR count). The van der Waals surface area contributed by atoms with Crippen LogP contribution < -0.4 is 16.4 Å². The van der Waals surface area contributed by atoms with E-state index >= 15 is 0 Å². The standard InChI is InChI=1S/C14H20ClN3O2.ClH/c1-14(2,7-10-5-3-4-6-11(10)15)18-13(20)9-17-12(19)8-16;/h3-6H,7-9,16H2,1-2H3,(H,17,19)(H,18,20);1H. The molecule has 0 heterocycles. The molecule has 1 aromatic rings. The van der Waals surface area contributed by atoms with E-state index in [-0.39, 0.29) is 37.3 Å². The van der Waals surface area contributed by atoms with Crippen molar-refractivity contribution in [1.29, 1.82) is 0 Å². The molecule has 21 heavy (non-hydrogen) atoms. The van der Waals surface area contributed by atoms with Crippen LogP contribution >= 0.6 is 24.0 Å². The van der Waals surface area contributed by atoms with Crippen molar-refractivity contribution < 1.29 is 9.59 Å². The van der Waals surface area contributed by atoms with Gasteiger partial charge < -0.3 is 16.4 Å². The third-order valence-corrected chi connectivity index (χ3v) is 3.07. The van der Waals surface area contributed by atoms with E-state index in [0.29, 0.717) is 11.4 Å². The van der Waals surface area contributed by atoms with Crippen molar-refractivity contribution in [2.24, 2.45) is 5.73 Å². The predicted molar refractivity (Wildman–Crippen MR) is 86.7 cm³/mol. The Kier molecular flexibility index (Phi) is 8.32. The van der Waals surface area contributed by atoms with Crippen LogP contribution in [0.4, 0.5) is 0 Å². The van der Waals surface area contributed by atoms with Gasteiger partial charge in [0.05, 0.1) is 13.1 Å². The first-order valence-corrected chi connectivity index (χ1v) is 6.73. The predicted octanol–water partition coefficient (Wildman–Crippen LogP) is 1.27. The number of nitrogens with one attached hydrogen (secondary N) is 2. The molecule has 4 N–H and O–H groups in total. The molecular formula is C14H21Cl2N3O2. The Labute approximate surface area is 136 Å². The maximum atomic E-state index is 11.8. The fraction of sp³-hybridized carbons (Fsp3) is 0.429. The molecule has 0 atom stereocenters. The normalized spacial score (nSPS) is 10.5. The maximum absolute atomic E-state index is 11.8. The van der Waals surface area contributed by atoms with Crippen LogP contribution in [0.25, 0.3) is 0 Å². The molecule has 118 valence electrons. The van der Waals surface area contributed by atoms with E-state index in [0.717, 1.165) is 5.56 Å². The van der Waals surface area contributed by atoms with Gasteiger partial charge >= 0.3 is 0 Å². The number of rotatable bonds is 6. The lowest BCUT2D eigenvalue weighted by atomic mass is 9.95. The SMILES string of the molecule is CC(C)(Cc1ccccc1Cl)NC(=O)CNC(=O)CN.Cl. The van der Waals surface area contributed by atoms with Gasteiger partial charge in [-0.15, -0.1) is 12.4 Å². The second-order valence-corrected chi connectivity index (χ2v) is 5.59. The quantitative estimate of drug-likeness (QED) is 0.733. The van der Waals surface area contributed by atoms with E-state index in [2.05, 4.69) is 10.6 Å². The van der Waals surface area contributed by atoms with Gasteiger partial charge in [-0.25, -0.2) is 0 Å². The lowest BCUT2D eigenvalue weighted by Gasteiger charge is -2.27. The number of hydrogen-bond acceptors (Lipinski definition) is 3. The van der Waals surface area contributed by atoms with Crippen molar-refractivity contribution in [3.63, 3.8) is 0 Å². The van der Waals surface area contributed by atoms with Gasteiger partial charge in [-0.1, -0.05) is 29.8 Å². The van der Waals surface area contributed by atoms with E-state index in [4.69, 9.17) is 17.3 Å². The molecule has 1 aromatic carbocycles. The van der Waals surface area contributed by atoms with E-state index in [1.54, 1.807) is 0 Å². The van der Waals surface area contributed by atoms with Crippen molar-refractivity contribution in [3.8, 4) is 0 Å². The molecule has 0 saturated carbocycles. The molecule has 0 saturated heterocycles. The average molecular weight is 334 g/mol. The molecule has 0 aliphatic carbocycles. The summed E-state index contributed by atoms with van der Waals surface area (Å²) in [7, 11) is 0. The minimum Gasteiger partial charge on any atom is -0.349 e. The van der Waals surface area contributed by atoms with E-state index in [1.807, 2.05) is 38.1 Å². The van der Waals surface area contributed by atoms with Gasteiger partial charge in [-0.3, -0.25) is 9.59 Å².